The van der Waals surface area contributed by atoms with E-state index in [0.717, 1.165) is 46.6 Å². The Kier molecular flexibility index (Phi) is 40.0. The monoisotopic (exact) mass is 1160 g/mol. The summed E-state index contributed by atoms with van der Waals surface area (Å²) >= 11 is 2.84. The van der Waals surface area contributed by atoms with Crippen molar-refractivity contribution in [2.24, 2.45) is 11.8 Å². The number of carboxylic acid groups (broad SMARTS) is 4. The predicted molar refractivity (Wildman–Crippen MR) is 307 cm³/mol. The molecule has 2 amide bonds. The number of hydrogen-bond donors (Lipinski definition) is 6. The van der Waals surface area contributed by atoms with Gasteiger partial charge in [-0.3, -0.25) is 19.2 Å². The van der Waals surface area contributed by atoms with E-state index < -0.39 is 59.7 Å². The maximum absolute atomic E-state index is 12.2. The smallest absolute Gasteiger partial charge is 0.550 e. The molecule has 0 aliphatic carbocycles. The Balaban J connectivity index is 0.000000780. The number of thioether (sulfide) groups is 2. The van der Waals surface area contributed by atoms with Gasteiger partial charge < -0.3 is 50.9 Å². The van der Waals surface area contributed by atoms with E-state index in [1.165, 1.54) is 126 Å². The molecular weight excluding hydrogens is 1070 g/mol. The molecule has 0 saturated heterocycles. The summed E-state index contributed by atoms with van der Waals surface area (Å²) in [6.07, 6.45) is 19.0. The van der Waals surface area contributed by atoms with Gasteiger partial charge in [-0.2, -0.15) is 0 Å². The predicted octanol–water partition coefficient (Wildman–Crippen LogP) is 5.51. The Hall–Kier alpha value is -3.68. The summed E-state index contributed by atoms with van der Waals surface area (Å²) in [6.45, 7) is 7.10. The molecule has 80 heavy (non-hydrogen) atoms. The number of anilines is 2. The van der Waals surface area contributed by atoms with Crippen LogP contribution in [0.4, 0.5) is 11.4 Å². The van der Waals surface area contributed by atoms with Crippen LogP contribution in [0.2, 0.25) is 0 Å². The number of unbranched alkanes of at least 4 members (excludes halogenated alkanes) is 12. The molecule has 428 valence electrons. The van der Waals surface area contributed by atoms with Gasteiger partial charge >= 0.3 is 71.1 Å². The van der Waals surface area contributed by atoms with Crippen LogP contribution < -0.4 is 80.0 Å². The van der Waals surface area contributed by atoms with Gasteiger partial charge in [-0.25, -0.2) is 0 Å². The summed E-state index contributed by atoms with van der Waals surface area (Å²) in [4.78, 5) is 69.9. The van der Waals surface area contributed by atoms with Crippen LogP contribution in [0, 0.1) is 11.8 Å². The Morgan fingerprint density at radius 1 is 0.475 bits per heavy atom. The number of amides is 2. The van der Waals surface area contributed by atoms with Gasteiger partial charge in [0, 0.05) is 33.1 Å². The summed E-state index contributed by atoms with van der Waals surface area (Å²) in [5, 5.41) is 66.5. The first kappa shape index (κ1) is 74.3. The summed E-state index contributed by atoms with van der Waals surface area (Å²) in [5.74, 6) is -8.26. The molecule has 18 heteroatoms. The molecule has 0 saturated carbocycles. The standard InChI is InChI=1S/2C31H43NO6S.2Na/c2*1-3-4-5-6-7-8-9-12-23-17-19-24(20-18-23)29(27(33)15-11-16-28(34)35)39-26-14-10-13-25(21-26)32-30(36)22(2)31(37)38;;/h2*10,13-14,17-22,27,29,33H,3-9,11-12,15-16H2,1-2H3,(H,32,36)(H,34,35)(H,37,38);;/q;;2*+1/p-2. The van der Waals surface area contributed by atoms with E-state index >= 15 is 0 Å². The quantitative estimate of drug-likeness (QED) is 0.0140. The molecule has 0 heterocycles. The largest absolute Gasteiger partial charge is 1.00 e. The molecule has 4 rings (SSSR count). The second-order valence-corrected chi connectivity index (χ2v) is 22.5. The molecule has 4 aromatic carbocycles. The molecule has 0 radical (unpaired) electrons. The SMILES string of the molecule is CCCCCCCCCc1ccc(C(Sc2cccc(NC(=O)C(C)C(=O)O)c2)C(O)CCCC(=O)[O-])cc1.CCCCCCCCCc1ccc(C(Sc2cccc(NC(=O)C(C)C(=O)O)c2)C(O)CCCC(=O)[O-])cc1.[Na+].[Na+]. The summed E-state index contributed by atoms with van der Waals surface area (Å²) in [7, 11) is 0. The minimum absolute atomic E-state index is 0. The average molecular weight is 1160 g/mol. The molecule has 6 atom stereocenters. The van der Waals surface area contributed by atoms with Crippen molar-refractivity contribution in [2.45, 2.75) is 201 Å². The number of aliphatic hydroxyl groups is 2. The normalized spacial score (nSPS) is 13.1. The molecule has 14 nitrogen and oxygen atoms in total. The Bertz CT molecular complexity index is 2260. The summed E-state index contributed by atoms with van der Waals surface area (Å²) in [6, 6.07) is 30.6. The van der Waals surface area contributed by atoms with Crippen molar-refractivity contribution in [3.8, 4) is 0 Å². The molecule has 0 aromatic heterocycles. The molecule has 0 bridgehead atoms. The minimum atomic E-state index is -1.20. The number of aliphatic hydroxyl groups excluding tert-OH is 2. The average Bonchev–Trinajstić information content (AvgIpc) is 3.41. The fraction of sp³-hybridized carbons (Fsp3) is 0.516. The Morgan fingerprint density at radius 2 is 0.800 bits per heavy atom. The third kappa shape index (κ3) is 30.6. The molecule has 0 aliphatic rings. The van der Waals surface area contributed by atoms with Gasteiger partial charge in [0.2, 0.25) is 11.8 Å². The number of aryl methyl sites for hydroxylation is 2. The maximum atomic E-state index is 12.2. The number of rotatable bonds is 38. The zero-order valence-electron chi connectivity index (χ0n) is 48.1. The Morgan fingerprint density at radius 3 is 1.11 bits per heavy atom. The van der Waals surface area contributed by atoms with Crippen LogP contribution in [0.25, 0.3) is 0 Å². The molecular formula is C62H84N2Na2O12S2. The van der Waals surface area contributed by atoms with E-state index in [1.54, 1.807) is 36.4 Å². The minimum Gasteiger partial charge on any atom is -0.550 e. The van der Waals surface area contributed by atoms with Crippen LogP contribution in [0.1, 0.15) is 189 Å². The van der Waals surface area contributed by atoms with E-state index in [2.05, 4.69) is 48.7 Å². The number of carboxylic acids is 4. The third-order valence-corrected chi connectivity index (χ3v) is 16.2. The number of benzene rings is 4. The van der Waals surface area contributed by atoms with Crippen molar-refractivity contribution in [1.82, 2.24) is 0 Å². The van der Waals surface area contributed by atoms with Gasteiger partial charge in [0.15, 0.2) is 0 Å². The van der Waals surface area contributed by atoms with Crippen LogP contribution in [-0.4, -0.2) is 68.3 Å². The van der Waals surface area contributed by atoms with E-state index in [0.29, 0.717) is 37.1 Å². The summed E-state index contributed by atoms with van der Waals surface area (Å²) < 4.78 is 0. The molecule has 6 N–H and O–H groups in total. The number of carbonyl (C=O) groups excluding carboxylic acids is 4. The van der Waals surface area contributed by atoms with Crippen molar-refractivity contribution in [1.29, 1.82) is 0 Å². The Labute approximate surface area is 527 Å². The number of hydrogen-bond acceptors (Lipinski definition) is 12. The van der Waals surface area contributed by atoms with Crippen molar-refractivity contribution in [3.63, 3.8) is 0 Å². The van der Waals surface area contributed by atoms with Crippen molar-refractivity contribution in [2.75, 3.05) is 10.6 Å². The molecule has 4 aromatic rings. The van der Waals surface area contributed by atoms with Crippen LogP contribution in [-0.2, 0) is 41.6 Å². The van der Waals surface area contributed by atoms with Crippen molar-refractivity contribution in [3.05, 3.63) is 119 Å². The first-order chi connectivity index (χ1) is 37.4. The van der Waals surface area contributed by atoms with E-state index in [4.69, 9.17) is 10.2 Å². The second-order valence-electron chi connectivity index (χ2n) is 20.1. The summed E-state index contributed by atoms with van der Waals surface area (Å²) in [5.41, 5.74) is 5.29. The first-order valence-corrected chi connectivity index (χ1v) is 29.7. The fourth-order valence-electron chi connectivity index (χ4n) is 8.58. The van der Waals surface area contributed by atoms with Gasteiger partial charge in [-0.15, -0.1) is 23.5 Å². The van der Waals surface area contributed by atoms with Crippen LogP contribution in [0.5, 0.6) is 0 Å². The first-order valence-electron chi connectivity index (χ1n) is 28.0. The third-order valence-electron chi connectivity index (χ3n) is 13.5. The van der Waals surface area contributed by atoms with Crippen LogP contribution in [0.15, 0.2) is 107 Å². The van der Waals surface area contributed by atoms with Crippen LogP contribution in [0.3, 0.4) is 0 Å². The number of carbonyl (C=O) groups is 6. The maximum Gasteiger partial charge on any atom is 1.00 e. The van der Waals surface area contributed by atoms with Gasteiger partial charge in [-0.1, -0.05) is 152 Å². The van der Waals surface area contributed by atoms with Crippen molar-refractivity contribution >= 4 is 70.6 Å². The van der Waals surface area contributed by atoms with Crippen LogP contribution >= 0.6 is 23.5 Å². The van der Waals surface area contributed by atoms with Gasteiger partial charge in [0.1, 0.15) is 11.8 Å². The second kappa shape index (κ2) is 43.0. The molecule has 0 fully saturated rings. The number of aliphatic carboxylic acids is 4. The van der Waals surface area contributed by atoms with Gasteiger partial charge in [0.05, 0.1) is 22.7 Å². The molecule has 0 aliphatic heterocycles. The molecule has 6 unspecified atom stereocenters. The van der Waals surface area contributed by atoms with Gasteiger partial charge in [-0.05, 0) is 137 Å². The number of nitrogens with one attached hydrogen (secondary N) is 2. The van der Waals surface area contributed by atoms with E-state index in [1.807, 2.05) is 36.4 Å². The molecule has 0 spiro atoms. The van der Waals surface area contributed by atoms with Gasteiger partial charge in [0.25, 0.3) is 0 Å². The van der Waals surface area contributed by atoms with E-state index in [-0.39, 0.29) is 82.5 Å². The topological polar surface area (TPSA) is 254 Å². The fourth-order valence-corrected chi connectivity index (χ4v) is 11.0. The zero-order chi connectivity index (χ0) is 57.2. The van der Waals surface area contributed by atoms with Crippen molar-refractivity contribution < 1.29 is 119 Å². The zero-order valence-corrected chi connectivity index (χ0v) is 53.8. The van der Waals surface area contributed by atoms with E-state index in [9.17, 15) is 49.2 Å².